The quantitative estimate of drug-likeness (QED) is 0.0490. The molecule has 342 valence electrons. The fourth-order valence-corrected chi connectivity index (χ4v) is 16.3. The van der Waals surface area contributed by atoms with Gasteiger partial charge in [-0.1, -0.05) is 228 Å². The van der Waals surface area contributed by atoms with E-state index < -0.39 is 15.8 Å². The summed E-state index contributed by atoms with van der Waals surface area (Å²) in [6, 6.07) is 90.9. The van der Waals surface area contributed by atoms with E-state index in [9.17, 15) is 0 Å². The van der Waals surface area contributed by atoms with Crippen LogP contribution in [0.4, 0.5) is 0 Å². The van der Waals surface area contributed by atoms with Gasteiger partial charge in [-0.2, -0.15) is 0 Å². The molecule has 0 aliphatic heterocycles. The summed E-state index contributed by atoms with van der Waals surface area (Å²) in [5.74, 6) is 5.13. The van der Waals surface area contributed by atoms with Gasteiger partial charge in [-0.05, 0) is 80.8 Å². The minimum absolute atomic E-state index is 0. The molecule has 12 rings (SSSR count). The van der Waals surface area contributed by atoms with Crippen molar-refractivity contribution in [3.8, 4) is 11.8 Å². The van der Waals surface area contributed by atoms with Crippen molar-refractivity contribution in [1.82, 2.24) is 0 Å². The van der Waals surface area contributed by atoms with Gasteiger partial charge in [-0.25, -0.2) is 0 Å². The maximum absolute atomic E-state index is 7.46. The Morgan fingerprint density at radius 2 is 0.529 bits per heavy atom. The van der Waals surface area contributed by atoms with E-state index in [4.69, 9.17) is 12.8 Å². The second kappa shape index (κ2) is 24.0. The van der Waals surface area contributed by atoms with Crippen molar-refractivity contribution < 1.29 is 44.8 Å². The molecule has 2 unspecified atom stereocenters. The number of benzene rings is 12. The predicted molar refractivity (Wildman–Crippen MR) is 301 cm³/mol. The van der Waals surface area contributed by atoms with Crippen molar-refractivity contribution in [3.05, 3.63) is 279 Å². The zero-order chi connectivity index (χ0) is 46.1. The first-order chi connectivity index (χ1) is 33.7. The van der Waals surface area contributed by atoms with Gasteiger partial charge < -0.3 is 12.8 Å². The molecule has 0 radical (unpaired) electrons. The molecule has 0 aliphatic rings. The normalized spacial score (nSPS) is 11.5. The predicted octanol–water partition coefficient (Wildman–Crippen LogP) is 14.9. The smallest absolute Gasteiger partial charge is 0.366 e. The fraction of sp³-hybridized carbons (Fsp3) is 0.0303. The molecule has 0 fully saturated rings. The van der Waals surface area contributed by atoms with Crippen LogP contribution in [0.2, 0.25) is 0 Å². The molecule has 0 spiro atoms. The van der Waals surface area contributed by atoms with Crippen LogP contribution in [-0.4, -0.2) is 12.3 Å². The standard InChI is InChI=1S/C34H28P2.2C16H9.2Au/c1-3-17-29(18-4-1)35(33-23-11-15-27-13-7-9-21-31(27)33)25-26-36(30-19-5-2-6-20-30)34-24-12-16-28-14-8-10-22-32(28)34;2*1-2-14-15-9-5-3-7-12(15)11-13-8-4-6-10-16(13)14;;/h1-24H,25-26H2;2*3-11H;;/q;2*-1;2*+1/p+2. The Balaban J connectivity index is 0.000000160. The van der Waals surface area contributed by atoms with Gasteiger partial charge in [-0.15, -0.1) is 11.1 Å². The zero-order valence-corrected chi connectivity index (χ0v) is 44.6. The second-order valence-corrected chi connectivity index (χ2v) is 22.0. The van der Waals surface area contributed by atoms with Gasteiger partial charge in [0.15, 0.2) is 0 Å². The minimum atomic E-state index is -0.961. The number of hydrogen-bond donors (Lipinski definition) is 0. The average Bonchev–Trinajstić information content (AvgIpc) is 3.41. The maximum atomic E-state index is 7.46. The second-order valence-electron chi connectivity index (χ2n) is 16.9. The summed E-state index contributed by atoms with van der Waals surface area (Å²) in [7, 11) is -1.92. The Morgan fingerprint density at radius 3 is 0.843 bits per heavy atom. The molecule has 12 aromatic carbocycles. The fourth-order valence-electron chi connectivity index (χ4n) is 9.67. The Hall–Kier alpha value is -6.34. The van der Waals surface area contributed by atoms with Gasteiger partial charge in [0.05, 0.1) is 26.5 Å². The third-order valence-electron chi connectivity index (χ3n) is 12.9. The van der Waals surface area contributed by atoms with E-state index in [2.05, 4.69) is 194 Å². The largest absolute Gasteiger partial charge is 1.00 e. The molecule has 2 atom stereocenters. The Morgan fingerprint density at radius 1 is 0.271 bits per heavy atom. The molecule has 0 amide bonds. The molecule has 70 heavy (non-hydrogen) atoms. The number of rotatable bonds is 7. The molecule has 0 saturated heterocycles. The van der Waals surface area contributed by atoms with Crippen molar-refractivity contribution in [2.24, 2.45) is 0 Å². The summed E-state index contributed by atoms with van der Waals surface area (Å²) in [6.45, 7) is 0. The van der Waals surface area contributed by atoms with Crippen LogP contribution >= 0.6 is 15.8 Å². The molecule has 0 N–H and O–H groups in total. The SMILES string of the molecule is [Au+].[Au+].[C-]#Cc1c2ccccc2cc2ccccc12.[C-]#Cc1c2ccccc2cc2ccccc12.c1ccc([PH+](CC[PH+](c2ccccc2)c2cccc3ccccc23)c2cccc3ccccc23)cc1. The van der Waals surface area contributed by atoms with Crippen molar-refractivity contribution in [2.45, 2.75) is 0 Å². The number of fused-ring (bicyclic) bond motifs is 6. The van der Waals surface area contributed by atoms with Crippen LogP contribution in [0.25, 0.3) is 64.6 Å². The maximum Gasteiger partial charge on any atom is 1.00 e. The first-order valence-electron chi connectivity index (χ1n) is 23.1. The zero-order valence-electron chi connectivity index (χ0n) is 38.3. The van der Waals surface area contributed by atoms with Gasteiger partial charge in [0.1, 0.15) is 22.9 Å². The topological polar surface area (TPSA) is 0 Å². The van der Waals surface area contributed by atoms with E-state index in [-0.39, 0.29) is 44.8 Å². The van der Waals surface area contributed by atoms with Gasteiger partial charge in [0.2, 0.25) is 0 Å². The van der Waals surface area contributed by atoms with Gasteiger partial charge in [-0.3, -0.25) is 11.8 Å². The summed E-state index contributed by atoms with van der Waals surface area (Å²) in [5, 5.41) is 20.6. The first kappa shape index (κ1) is 50.1. The third-order valence-corrected chi connectivity index (χ3v) is 19.1. The molecule has 0 aromatic heterocycles. The van der Waals surface area contributed by atoms with Crippen molar-refractivity contribution in [1.29, 1.82) is 0 Å². The Kier molecular flexibility index (Phi) is 17.2. The molecule has 0 heterocycles. The van der Waals surface area contributed by atoms with Crippen molar-refractivity contribution in [3.63, 3.8) is 0 Å². The molecule has 0 saturated carbocycles. The van der Waals surface area contributed by atoms with Gasteiger partial charge in [0, 0.05) is 10.8 Å². The van der Waals surface area contributed by atoms with Crippen LogP contribution < -0.4 is 21.2 Å². The molecule has 12 aromatic rings. The Labute approximate surface area is 445 Å². The summed E-state index contributed by atoms with van der Waals surface area (Å²) in [6.07, 6.45) is 17.4. The van der Waals surface area contributed by atoms with Crippen LogP contribution in [0.5, 0.6) is 0 Å². The molecule has 4 heteroatoms. The third kappa shape index (κ3) is 10.8. The van der Waals surface area contributed by atoms with Crippen molar-refractivity contribution in [2.75, 3.05) is 12.3 Å². The van der Waals surface area contributed by atoms with Crippen LogP contribution in [0.3, 0.4) is 0 Å². The summed E-state index contributed by atoms with van der Waals surface area (Å²) >= 11 is 0. The van der Waals surface area contributed by atoms with E-state index in [0.29, 0.717) is 0 Å². The summed E-state index contributed by atoms with van der Waals surface area (Å²) in [5.41, 5.74) is 1.77. The van der Waals surface area contributed by atoms with Gasteiger partial charge in [0.25, 0.3) is 0 Å². The molecular formula is C66H48Au2P2+2. The van der Waals surface area contributed by atoms with E-state index in [0.717, 1.165) is 54.2 Å². The summed E-state index contributed by atoms with van der Waals surface area (Å²) < 4.78 is 0. The minimum Gasteiger partial charge on any atom is -0.366 e. The first-order valence-corrected chi connectivity index (χ1v) is 26.5. The molecule has 0 bridgehead atoms. The molecular weight excluding hydrogens is 1250 g/mol. The average molecular weight is 1300 g/mol. The molecule has 0 aliphatic carbocycles. The monoisotopic (exact) mass is 1300 g/mol. The van der Waals surface area contributed by atoms with E-state index >= 15 is 0 Å². The number of hydrogen-bond acceptors (Lipinski definition) is 0. The van der Waals surface area contributed by atoms with Crippen LogP contribution in [0, 0.1) is 24.7 Å². The Bertz CT molecular complexity index is 3430. The van der Waals surface area contributed by atoms with Crippen LogP contribution in [0.1, 0.15) is 11.1 Å². The van der Waals surface area contributed by atoms with Crippen LogP contribution in [0.15, 0.2) is 255 Å². The van der Waals surface area contributed by atoms with Gasteiger partial charge >= 0.3 is 44.8 Å². The van der Waals surface area contributed by atoms with E-state index in [1.807, 2.05) is 72.8 Å². The summed E-state index contributed by atoms with van der Waals surface area (Å²) in [4.78, 5) is 0. The van der Waals surface area contributed by atoms with Crippen LogP contribution in [-0.2, 0) is 44.8 Å². The van der Waals surface area contributed by atoms with E-state index in [1.54, 1.807) is 0 Å². The molecule has 0 nitrogen and oxygen atoms in total. The van der Waals surface area contributed by atoms with E-state index in [1.165, 1.54) is 55.1 Å². The van der Waals surface area contributed by atoms with Crippen molar-refractivity contribution >= 4 is 102 Å².